The third-order valence-corrected chi connectivity index (χ3v) is 3.70. The Morgan fingerprint density at radius 2 is 2.33 bits per heavy atom. The van der Waals surface area contributed by atoms with Gasteiger partial charge in [0.05, 0.1) is 4.92 Å². The van der Waals surface area contributed by atoms with E-state index in [1.165, 1.54) is 12.1 Å². The van der Waals surface area contributed by atoms with Crippen molar-refractivity contribution < 1.29 is 17.6 Å². The van der Waals surface area contributed by atoms with Crippen molar-refractivity contribution >= 4 is 29.1 Å². The van der Waals surface area contributed by atoms with Crippen LogP contribution in [0.3, 0.4) is 0 Å². The van der Waals surface area contributed by atoms with Gasteiger partial charge in [-0.1, -0.05) is 11.6 Å². The number of hydrogen-bond acceptors (Lipinski definition) is 4. The van der Waals surface area contributed by atoms with E-state index >= 15 is 0 Å². The second-order valence-corrected chi connectivity index (χ2v) is 5.21. The normalized spacial score (nSPS) is 22.2. The van der Waals surface area contributed by atoms with E-state index in [4.69, 9.17) is 19.4 Å². The Bertz CT molecular complexity index is 656. The third-order valence-electron chi connectivity index (χ3n) is 3.29. The molecule has 0 bridgehead atoms. The lowest BCUT2D eigenvalue weighted by atomic mass is 10.0. The fraction of sp³-hybridized carbons (Fsp3) is 0.462. The van der Waals surface area contributed by atoms with Crippen LogP contribution in [-0.4, -0.2) is 40.1 Å². The lowest BCUT2D eigenvalue weighted by Crippen LogP contribution is -2.41. The van der Waals surface area contributed by atoms with Crippen molar-refractivity contribution in [3.63, 3.8) is 0 Å². The van der Waals surface area contributed by atoms with Crippen LogP contribution in [0.4, 0.5) is 16.2 Å². The van der Waals surface area contributed by atoms with E-state index in [2.05, 4.69) is 5.32 Å². The number of hydrogen-bond donors (Lipinski definition) is 2. The molecule has 1 aliphatic rings. The van der Waals surface area contributed by atoms with Crippen LogP contribution < -0.4 is 5.32 Å². The lowest BCUT2D eigenvalue weighted by Gasteiger charge is -2.31. The van der Waals surface area contributed by atoms with Gasteiger partial charge in [0.15, 0.2) is 0 Å². The van der Waals surface area contributed by atoms with Gasteiger partial charge in [-0.15, -0.1) is 0 Å². The molecule has 1 unspecified atom stereocenters. The van der Waals surface area contributed by atoms with Crippen LogP contribution in [0.5, 0.6) is 0 Å². The minimum absolute atomic E-state index is 0.00733. The molecule has 2 rings (SSSR count). The summed E-state index contributed by atoms with van der Waals surface area (Å²) in [6.07, 6.45) is -1.09. The number of piperidine rings is 1. The molecule has 1 fully saturated rings. The molecule has 1 atom stereocenters. The Hall–Kier alpha value is -2.02. The quantitative estimate of drug-likeness (QED) is 0.660. The van der Waals surface area contributed by atoms with Crippen molar-refractivity contribution in [1.82, 2.24) is 4.90 Å². The van der Waals surface area contributed by atoms with E-state index in [9.17, 15) is 14.9 Å². The predicted molar refractivity (Wildman–Crippen MR) is 79.1 cm³/mol. The molecule has 0 aromatic heterocycles. The minimum Gasteiger partial charge on any atom is -0.465 e. The summed E-state index contributed by atoms with van der Waals surface area (Å²) in [4.78, 5) is 22.4. The van der Waals surface area contributed by atoms with Crippen molar-refractivity contribution in [2.24, 2.45) is 0 Å². The number of amides is 1. The number of halogens is 1. The second kappa shape index (κ2) is 6.17. The van der Waals surface area contributed by atoms with Gasteiger partial charge in [0.25, 0.3) is 5.69 Å². The van der Waals surface area contributed by atoms with Gasteiger partial charge in [0, 0.05) is 32.9 Å². The van der Waals surface area contributed by atoms with Crippen LogP contribution in [-0.2, 0) is 0 Å². The zero-order valence-corrected chi connectivity index (χ0v) is 12.1. The Balaban J connectivity index is 2.22. The number of nitro groups is 1. The van der Waals surface area contributed by atoms with Crippen LogP contribution in [0, 0.1) is 17.0 Å². The molecule has 1 aromatic carbocycles. The van der Waals surface area contributed by atoms with Gasteiger partial charge in [-0.2, -0.15) is 0 Å². The first-order valence-corrected chi connectivity index (χ1v) is 6.71. The van der Waals surface area contributed by atoms with E-state index in [0.29, 0.717) is 17.0 Å². The average molecular weight is 316 g/mol. The van der Waals surface area contributed by atoms with Gasteiger partial charge in [-0.3, -0.25) is 10.1 Å². The Morgan fingerprint density at radius 1 is 1.62 bits per heavy atom. The topological polar surface area (TPSA) is 95.7 Å². The molecule has 1 amide bonds. The number of aryl methyl sites for hydroxylation is 1. The maximum Gasteiger partial charge on any atom is 0.407 e. The van der Waals surface area contributed by atoms with Crippen molar-refractivity contribution in [3.8, 4) is 0 Å². The smallest absolute Gasteiger partial charge is 0.407 e. The standard InChI is InChI=1S/C13H16ClN3O4/c1-8-6-12(17(20)21)11(7-10(8)14)15-9-2-4-16(5-3-9)13(18)19/h6-7,9,15H,2-5H2,1H3,(H,18,19)/i4D2. The number of likely N-dealkylation sites (tertiary alicyclic amines) is 1. The highest BCUT2D eigenvalue weighted by molar-refractivity contribution is 6.31. The number of nitro benzene ring substituents is 1. The van der Waals surface area contributed by atoms with E-state index in [-0.39, 0.29) is 24.3 Å². The number of benzene rings is 1. The molecule has 0 aliphatic carbocycles. The maximum atomic E-state index is 11.2. The Kier molecular flexibility index (Phi) is 3.73. The number of nitrogens with zero attached hydrogens (tertiary/aromatic N) is 2. The van der Waals surface area contributed by atoms with Crippen LogP contribution in [0.2, 0.25) is 5.02 Å². The monoisotopic (exact) mass is 315 g/mol. The average Bonchev–Trinajstić information content (AvgIpc) is 2.40. The number of rotatable bonds is 3. The summed E-state index contributed by atoms with van der Waals surface area (Å²) in [6.45, 7) is -0.374. The zero-order valence-electron chi connectivity index (χ0n) is 13.3. The Morgan fingerprint density at radius 3 is 2.90 bits per heavy atom. The molecule has 1 saturated heterocycles. The van der Waals surface area contributed by atoms with Gasteiger partial charge in [-0.25, -0.2) is 4.79 Å². The summed E-state index contributed by atoms with van der Waals surface area (Å²) in [7, 11) is 0. The second-order valence-electron chi connectivity index (χ2n) is 4.80. The number of carbonyl (C=O) groups is 1. The van der Waals surface area contributed by atoms with Gasteiger partial charge >= 0.3 is 6.09 Å². The Labute approximate surface area is 129 Å². The highest BCUT2D eigenvalue weighted by Crippen LogP contribution is 2.32. The molecule has 114 valence electrons. The molecule has 1 aromatic rings. The van der Waals surface area contributed by atoms with Crippen molar-refractivity contribution in [2.45, 2.75) is 25.8 Å². The molecular weight excluding hydrogens is 298 g/mol. The van der Waals surface area contributed by atoms with Gasteiger partial charge in [0.2, 0.25) is 0 Å². The van der Waals surface area contributed by atoms with Gasteiger partial charge < -0.3 is 15.3 Å². The predicted octanol–water partition coefficient (Wildman–Crippen LogP) is 3.11. The molecule has 1 aliphatic heterocycles. The zero-order chi connectivity index (χ0) is 17.4. The highest BCUT2D eigenvalue weighted by Gasteiger charge is 2.24. The first kappa shape index (κ1) is 12.7. The number of nitrogens with one attached hydrogen (secondary N) is 1. The summed E-state index contributed by atoms with van der Waals surface area (Å²) in [5, 5.41) is 23.4. The summed E-state index contributed by atoms with van der Waals surface area (Å²) in [5.74, 6) is 0. The minimum atomic E-state index is -2.04. The van der Waals surface area contributed by atoms with Crippen LogP contribution >= 0.6 is 11.6 Å². The van der Waals surface area contributed by atoms with Crippen molar-refractivity contribution in [1.29, 1.82) is 0 Å². The summed E-state index contributed by atoms with van der Waals surface area (Å²) in [6, 6.07) is 2.36. The first-order valence-electron chi connectivity index (χ1n) is 7.33. The summed E-state index contributed by atoms with van der Waals surface area (Å²) >= 11 is 6.01. The molecule has 2 N–H and O–H groups in total. The van der Waals surface area contributed by atoms with E-state index in [1.54, 1.807) is 6.92 Å². The largest absolute Gasteiger partial charge is 0.465 e. The molecule has 21 heavy (non-hydrogen) atoms. The van der Waals surface area contributed by atoms with Gasteiger partial charge in [-0.05, 0) is 31.4 Å². The molecule has 0 radical (unpaired) electrons. The summed E-state index contributed by atoms with van der Waals surface area (Å²) < 4.78 is 15.7. The highest BCUT2D eigenvalue weighted by atomic mass is 35.5. The van der Waals surface area contributed by atoms with Crippen LogP contribution in [0.15, 0.2) is 12.1 Å². The number of anilines is 1. The van der Waals surface area contributed by atoms with E-state index < -0.39 is 23.6 Å². The van der Waals surface area contributed by atoms with Crippen molar-refractivity contribution in [3.05, 3.63) is 32.8 Å². The fourth-order valence-electron chi connectivity index (χ4n) is 2.13. The maximum absolute atomic E-state index is 11.2. The summed E-state index contributed by atoms with van der Waals surface area (Å²) in [5.41, 5.74) is 0.628. The van der Waals surface area contributed by atoms with Gasteiger partial charge in [0.1, 0.15) is 5.69 Å². The third kappa shape index (κ3) is 3.55. The molecule has 0 spiro atoms. The van der Waals surface area contributed by atoms with E-state index in [1.807, 2.05) is 0 Å². The lowest BCUT2D eigenvalue weighted by molar-refractivity contribution is -0.384. The van der Waals surface area contributed by atoms with Crippen molar-refractivity contribution in [2.75, 3.05) is 18.4 Å². The molecule has 8 heteroatoms. The van der Waals surface area contributed by atoms with E-state index in [0.717, 1.165) is 4.90 Å². The number of carboxylic acid groups (broad SMARTS) is 1. The molecule has 7 nitrogen and oxygen atoms in total. The first-order chi connectivity index (χ1) is 10.6. The van der Waals surface area contributed by atoms with Crippen LogP contribution in [0.25, 0.3) is 0 Å². The molecule has 0 saturated carbocycles. The molecular formula is C13H16ClN3O4. The molecule has 1 heterocycles. The fourth-order valence-corrected chi connectivity index (χ4v) is 2.29. The SMILES string of the molecule is [2H]C1([2H])CC(Nc2cc(Cl)c(C)cc2[N+](=O)[O-])CCN1C(=O)O. The van der Waals surface area contributed by atoms with Crippen LogP contribution in [0.1, 0.15) is 21.1 Å².